The normalized spacial score (nSPS) is 20.3. The molecule has 0 radical (unpaired) electrons. The number of hydrogen-bond acceptors (Lipinski definition) is 1. The van der Waals surface area contributed by atoms with Gasteiger partial charge in [-0.05, 0) is 39.5 Å². The van der Waals surface area contributed by atoms with Crippen LogP contribution < -0.4 is 5.32 Å². The predicted octanol–water partition coefficient (Wildman–Crippen LogP) is 2.07. The molecular weight excluding hydrogens is 218 g/mol. The summed E-state index contributed by atoms with van der Waals surface area (Å²) in [4.78, 5) is 11.4. The fourth-order valence-electron chi connectivity index (χ4n) is 1.09. The molecule has 0 aromatic heterocycles. The molecule has 1 rings (SSSR count). The molecule has 70 valence electrons. The van der Waals surface area contributed by atoms with Crippen molar-refractivity contribution in [1.82, 2.24) is 5.32 Å². The number of amides is 1. The Balaban J connectivity index is 2.34. The zero-order chi connectivity index (χ0) is 9.35. The fourth-order valence-corrected chi connectivity index (χ4v) is 1.21. The van der Waals surface area contributed by atoms with Crippen LogP contribution in [0.2, 0.25) is 0 Å². The first-order valence-corrected chi connectivity index (χ1v) is 5.20. The van der Waals surface area contributed by atoms with Gasteiger partial charge in [-0.15, -0.1) is 0 Å². The SMILES string of the molecule is CC(NC(=O)C(C)(C)Br)C1CC1. The van der Waals surface area contributed by atoms with E-state index in [2.05, 4.69) is 28.2 Å². The molecule has 1 aliphatic carbocycles. The molecule has 2 nitrogen and oxygen atoms in total. The van der Waals surface area contributed by atoms with Crippen molar-refractivity contribution in [3.05, 3.63) is 0 Å². The second-order valence-electron chi connectivity index (χ2n) is 4.07. The molecule has 0 aliphatic heterocycles. The average Bonchev–Trinajstić information content (AvgIpc) is 2.65. The molecule has 1 amide bonds. The lowest BCUT2D eigenvalue weighted by atomic mass is 10.1. The summed E-state index contributed by atoms with van der Waals surface area (Å²) in [7, 11) is 0. The van der Waals surface area contributed by atoms with Crippen LogP contribution in [0, 0.1) is 5.92 Å². The van der Waals surface area contributed by atoms with E-state index in [4.69, 9.17) is 0 Å². The van der Waals surface area contributed by atoms with Crippen LogP contribution in [0.15, 0.2) is 0 Å². The summed E-state index contributed by atoms with van der Waals surface area (Å²) < 4.78 is -0.434. The Labute approximate surface area is 82.2 Å². The summed E-state index contributed by atoms with van der Waals surface area (Å²) in [6.07, 6.45) is 2.54. The lowest BCUT2D eigenvalue weighted by Crippen LogP contribution is -2.43. The van der Waals surface area contributed by atoms with Crippen molar-refractivity contribution in [2.75, 3.05) is 0 Å². The summed E-state index contributed by atoms with van der Waals surface area (Å²) in [6, 6.07) is 0.342. The quantitative estimate of drug-likeness (QED) is 0.744. The summed E-state index contributed by atoms with van der Waals surface area (Å²) >= 11 is 3.33. The molecule has 3 heteroatoms. The first-order chi connectivity index (χ1) is 5.41. The Hall–Kier alpha value is -0.0500. The van der Waals surface area contributed by atoms with E-state index in [1.54, 1.807) is 0 Å². The minimum atomic E-state index is -0.434. The summed E-state index contributed by atoms with van der Waals surface area (Å²) in [5.74, 6) is 0.811. The van der Waals surface area contributed by atoms with Crippen LogP contribution >= 0.6 is 15.9 Å². The van der Waals surface area contributed by atoms with Gasteiger partial charge in [0, 0.05) is 6.04 Å². The van der Waals surface area contributed by atoms with Gasteiger partial charge in [0.25, 0.3) is 0 Å². The predicted molar refractivity (Wildman–Crippen MR) is 53.3 cm³/mol. The first kappa shape index (κ1) is 10.0. The van der Waals surface area contributed by atoms with E-state index < -0.39 is 4.32 Å². The van der Waals surface area contributed by atoms with Crippen molar-refractivity contribution in [3.63, 3.8) is 0 Å². The highest BCUT2D eigenvalue weighted by Gasteiger charge is 2.32. The van der Waals surface area contributed by atoms with Gasteiger partial charge < -0.3 is 5.32 Å². The summed E-state index contributed by atoms with van der Waals surface area (Å²) in [5, 5.41) is 3.00. The van der Waals surface area contributed by atoms with E-state index in [0.29, 0.717) is 6.04 Å². The van der Waals surface area contributed by atoms with E-state index in [1.807, 2.05) is 13.8 Å². The van der Waals surface area contributed by atoms with Gasteiger partial charge in [0.1, 0.15) is 0 Å². The van der Waals surface area contributed by atoms with Crippen molar-refractivity contribution in [1.29, 1.82) is 0 Å². The zero-order valence-corrected chi connectivity index (χ0v) is 9.44. The van der Waals surface area contributed by atoms with Gasteiger partial charge in [-0.1, -0.05) is 15.9 Å². The smallest absolute Gasteiger partial charge is 0.236 e. The molecule has 0 spiro atoms. The minimum absolute atomic E-state index is 0.0851. The van der Waals surface area contributed by atoms with Crippen LogP contribution in [-0.4, -0.2) is 16.3 Å². The third kappa shape index (κ3) is 2.77. The molecule has 0 heterocycles. The molecule has 0 aromatic rings. The van der Waals surface area contributed by atoms with Gasteiger partial charge in [0.15, 0.2) is 0 Å². The maximum absolute atomic E-state index is 11.4. The second-order valence-corrected chi connectivity index (χ2v) is 6.05. The van der Waals surface area contributed by atoms with Gasteiger partial charge >= 0.3 is 0 Å². The van der Waals surface area contributed by atoms with Gasteiger partial charge in [0.2, 0.25) is 5.91 Å². The molecule has 1 atom stereocenters. The molecule has 0 aromatic carbocycles. The van der Waals surface area contributed by atoms with E-state index in [-0.39, 0.29) is 5.91 Å². The molecular formula is C9H16BrNO. The lowest BCUT2D eigenvalue weighted by Gasteiger charge is -2.20. The van der Waals surface area contributed by atoms with Gasteiger partial charge in [-0.25, -0.2) is 0 Å². The van der Waals surface area contributed by atoms with Gasteiger partial charge in [-0.3, -0.25) is 4.79 Å². The highest BCUT2D eigenvalue weighted by Crippen LogP contribution is 2.32. The number of hydrogen-bond donors (Lipinski definition) is 1. The second kappa shape index (κ2) is 3.36. The van der Waals surface area contributed by atoms with Gasteiger partial charge in [-0.2, -0.15) is 0 Å². The minimum Gasteiger partial charge on any atom is -0.352 e. The van der Waals surface area contributed by atoms with E-state index in [0.717, 1.165) is 5.92 Å². The number of rotatable bonds is 3. The zero-order valence-electron chi connectivity index (χ0n) is 7.86. The third-order valence-corrected chi connectivity index (χ3v) is 2.59. The van der Waals surface area contributed by atoms with Crippen LogP contribution in [0.4, 0.5) is 0 Å². The maximum atomic E-state index is 11.4. The molecule has 1 unspecified atom stereocenters. The Morgan fingerprint density at radius 3 is 2.42 bits per heavy atom. The number of carbonyl (C=O) groups is 1. The Bertz CT molecular complexity index is 181. The first-order valence-electron chi connectivity index (χ1n) is 4.41. The van der Waals surface area contributed by atoms with Crippen LogP contribution in [0.5, 0.6) is 0 Å². The Morgan fingerprint density at radius 1 is 1.58 bits per heavy atom. The largest absolute Gasteiger partial charge is 0.352 e. The molecule has 1 aliphatic rings. The van der Waals surface area contributed by atoms with Crippen molar-refractivity contribution in [3.8, 4) is 0 Å². The standard InChI is InChI=1S/C9H16BrNO/c1-6(7-4-5-7)11-8(12)9(2,3)10/h6-7H,4-5H2,1-3H3,(H,11,12). The van der Waals surface area contributed by atoms with Crippen molar-refractivity contribution >= 4 is 21.8 Å². The Morgan fingerprint density at radius 2 is 2.08 bits per heavy atom. The van der Waals surface area contributed by atoms with Crippen LogP contribution in [0.25, 0.3) is 0 Å². The van der Waals surface area contributed by atoms with Crippen LogP contribution in [0.3, 0.4) is 0 Å². The van der Waals surface area contributed by atoms with Crippen LogP contribution in [-0.2, 0) is 4.79 Å². The Kier molecular flexibility index (Phi) is 2.81. The van der Waals surface area contributed by atoms with E-state index in [9.17, 15) is 4.79 Å². The van der Waals surface area contributed by atoms with Crippen LogP contribution in [0.1, 0.15) is 33.6 Å². The molecule has 1 fully saturated rings. The van der Waals surface area contributed by atoms with Crippen molar-refractivity contribution < 1.29 is 4.79 Å². The number of halogens is 1. The van der Waals surface area contributed by atoms with E-state index in [1.165, 1.54) is 12.8 Å². The monoisotopic (exact) mass is 233 g/mol. The number of carbonyl (C=O) groups excluding carboxylic acids is 1. The molecule has 1 saturated carbocycles. The highest BCUT2D eigenvalue weighted by atomic mass is 79.9. The molecule has 0 saturated heterocycles. The molecule has 0 bridgehead atoms. The topological polar surface area (TPSA) is 29.1 Å². The number of nitrogens with one attached hydrogen (secondary N) is 1. The molecule has 12 heavy (non-hydrogen) atoms. The highest BCUT2D eigenvalue weighted by molar-refractivity contribution is 9.10. The molecule has 1 N–H and O–H groups in total. The van der Waals surface area contributed by atoms with Gasteiger partial charge in [0.05, 0.1) is 4.32 Å². The van der Waals surface area contributed by atoms with Crippen molar-refractivity contribution in [2.45, 2.75) is 44.0 Å². The summed E-state index contributed by atoms with van der Waals surface area (Å²) in [5.41, 5.74) is 0. The van der Waals surface area contributed by atoms with E-state index >= 15 is 0 Å². The average molecular weight is 234 g/mol. The number of alkyl halides is 1. The summed E-state index contributed by atoms with van der Waals surface area (Å²) in [6.45, 7) is 5.80. The fraction of sp³-hybridized carbons (Fsp3) is 0.889. The maximum Gasteiger partial charge on any atom is 0.236 e. The third-order valence-electron chi connectivity index (χ3n) is 2.23. The lowest BCUT2D eigenvalue weighted by molar-refractivity contribution is -0.123. The van der Waals surface area contributed by atoms with Crippen molar-refractivity contribution in [2.24, 2.45) is 5.92 Å².